The van der Waals surface area contributed by atoms with Gasteiger partial charge in [-0.15, -0.1) is 20.4 Å². The van der Waals surface area contributed by atoms with E-state index in [-0.39, 0.29) is 18.4 Å². The summed E-state index contributed by atoms with van der Waals surface area (Å²) in [6.45, 7) is 3.97. The minimum Gasteiger partial charge on any atom is -0.497 e. The van der Waals surface area contributed by atoms with Crippen molar-refractivity contribution in [3.63, 3.8) is 0 Å². The third-order valence-corrected chi connectivity index (χ3v) is 6.45. The van der Waals surface area contributed by atoms with Gasteiger partial charge in [0.05, 0.1) is 18.9 Å². The zero-order valence-corrected chi connectivity index (χ0v) is 19.2. The van der Waals surface area contributed by atoms with Crippen molar-refractivity contribution in [2.45, 2.75) is 37.2 Å². The van der Waals surface area contributed by atoms with Crippen LogP contribution in [0.3, 0.4) is 0 Å². The Morgan fingerprint density at radius 1 is 1.19 bits per heavy atom. The van der Waals surface area contributed by atoms with E-state index in [9.17, 15) is 9.59 Å². The fourth-order valence-corrected chi connectivity index (χ4v) is 3.99. The van der Waals surface area contributed by atoms with Crippen LogP contribution in [0.5, 0.6) is 5.75 Å². The first-order chi connectivity index (χ1) is 14.9. The van der Waals surface area contributed by atoms with Crippen LogP contribution in [0.2, 0.25) is 0 Å². The monoisotopic (exact) mass is 461 g/mol. The van der Waals surface area contributed by atoms with Gasteiger partial charge in [-0.05, 0) is 37.6 Å². The van der Waals surface area contributed by atoms with Crippen molar-refractivity contribution >= 4 is 40.0 Å². The molecular weight excluding hydrogens is 438 g/mol. The molecule has 2 amide bonds. The Morgan fingerprint density at radius 3 is 2.58 bits per heavy atom. The third kappa shape index (κ3) is 5.79. The maximum Gasteiger partial charge on any atom is 0.251 e. The van der Waals surface area contributed by atoms with Crippen LogP contribution in [0.15, 0.2) is 29.4 Å². The van der Waals surface area contributed by atoms with E-state index in [0.717, 1.165) is 11.4 Å². The van der Waals surface area contributed by atoms with Crippen LogP contribution in [0, 0.1) is 0 Å². The van der Waals surface area contributed by atoms with Crippen molar-refractivity contribution in [2.75, 3.05) is 12.4 Å². The average molecular weight is 462 g/mol. The first-order valence-electron chi connectivity index (χ1n) is 9.51. The molecule has 0 spiro atoms. The first kappa shape index (κ1) is 22.7. The van der Waals surface area contributed by atoms with Crippen LogP contribution in [-0.2, 0) is 24.8 Å². The number of aryl methyl sites for hydroxylation is 1. The number of amides is 2. The van der Waals surface area contributed by atoms with Gasteiger partial charge in [0, 0.05) is 12.6 Å². The summed E-state index contributed by atoms with van der Waals surface area (Å²) in [5, 5.41) is 23.3. The normalized spacial score (nSPS) is 11.7. The molecule has 0 aliphatic carbocycles. The molecule has 0 bridgehead atoms. The molecule has 0 saturated heterocycles. The van der Waals surface area contributed by atoms with Gasteiger partial charge in [0.25, 0.3) is 5.91 Å². The number of aromatic nitrogens is 5. The molecule has 31 heavy (non-hydrogen) atoms. The number of anilines is 1. The average Bonchev–Trinajstić information content (AvgIpc) is 3.38. The van der Waals surface area contributed by atoms with Crippen LogP contribution in [0.1, 0.15) is 35.0 Å². The summed E-state index contributed by atoms with van der Waals surface area (Å²) in [6, 6.07) is 6.83. The van der Waals surface area contributed by atoms with Gasteiger partial charge in [0.1, 0.15) is 10.8 Å². The number of methoxy groups -OCH3 is 1. The number of rotatable bonds is 9. The lowest BCUT2D eigenvalue weighted by Crippen LogP contribution is -2.24. The standard InChI is InChI=1S/C19H23N7O3S2/c1-5-15-23-24-18(31-15)21-16(27)11(2)30-19-25-22-14(26(19)3)10-20-17(28)12-6-8-13(29-4)9-7-12/h6-9,11H,5,10H2,1-4H3,(H,20,28)(H,21,24,27)/t11-/m1/s1. The van der Waals surface area contributed by atoms with Crippen molar-refractivity contribution in [1.82, 2.24) is 30.3 Å². The second kappa shape index (κ2) is 10.4. The molecule has 0 unspecified atom stereocenters. The van der Waals surface area contributed by atoms with Gasteiger partial charge in [-0.3, -0.25) is 14.9 Å². The SMILES string of the molecule is CCc1nnc(NC(=O)[C@@H](C)Sc2nnc(CNC(=O)c3ccc(OC)cc3)n2C)s1. The van der Waals surface area contributed by atoms with E-state index in [1.807, 2.05) is 6.92 Å². The summed E-state index contributed by atoms with van der Waals surface area (Å²) in [4.78, 5) is 24.8. The molecule has 164 valence electrons. The summed E-state index contributed by atoms with van der Waals surface area (Å²) < 4.78 is 6.85. The van der Waals surface area contributed by atoms with Crippen molar-refractivity contribution in [1.29, 1.82) is 0 Å². The van der Waals surface area contributed by atoms with E-state index in [1.165, 1.54) is 23.1 Å². The van der Waals surface area contributed by atoms with Gasteiger partial charge in [0.15, 0.2) is 11.0 Å². The molecule has 0 saturated carbocycles. The number of carbonyl (C=O) groups excluding carboxylic acids is 2. The van der Waals surface area contributed by atoms with E-state index in [4.69, 9.17) is 4.74 Å². The molecule has 1 aromatic carbocycles. The number of carbonyl (C=O) groups is 2. The minimum atomic E-state index is -0.418. The maximum absolute atomic E-state index is 12.4. The number of nitrogens with one attached hydrogen (secondary N) is 2. The number of benzene rings is 1. The Labute approximate surface area is 187 Å². The summed E-state index contributed by atoms with van der Waals surface area (Å²) in [6.07, 6.45) is 0.772. The number of hydrogen-bond acceptors (Lipinski definition) is 9. The molecule has 2 N–H and O–H groups in total. The largest absolute Gasteiger partial charge is 0.497 e. The molecule has 0 aliphatic heterocycles. The predicted octanol–water partition coefficient (Wildman–Crippen LogP) is 2.29. The zero-order valence-electron chi connectivity index (χ0n) is 17.6. The third-order valence-electron chi connectivity index (χ3n) is 4.34. The molecule has 1 atom stereocenters. The molecule has 0 radical (unpaired) electrons. The van der Waals surface area contributed by atoms with Gasteiger partial charge in [-0.2, -0.15) is 0 Å². The summed E-state index contributed by atoms with van der Waals surface area (Å²) in [5.74, 6) is 0.840. The minimum absolute atomic E-state index is 0.193. The number of nitrogens with zero attached hydrogens (tertiary/aromatic N) is 5. The van der Waals surface area contributed by atoms with Gasteiger partial charge in [-0.1, -0.05) is 30.0 Å². The van der Waals surface area contributed by atoms with E-state index in [1.54, 1.807) is 49.9 Å². The Hall–Kier alpha value is -2.99. The quantitative estimate of drug-likeness (QED) is 0.465. The molecule has 12 heteroatoms. The highest BCUT2D eigenvalue weighted by molar-refractivity contribution is 8.00. The number of ether oxygens (including phenoxy) is 1. The van der Waals surface area contributed by atoms with Crippen molar-refractivity contribution in [2.24, 2.45) is 7.05 Å². The van der Waals surface area contributed by atoms with E-state index < -0.39 is 5.25 Å². The van der Waals surface area contributed by atoms with Crippen molar-refractivity contribution in [3.8, 4) is 5.75 Å². The summed E-state index contributed by atoms with van der Waals surface area (Å²) in [5.41, 5.74) is 0.519. The van der Waals surface area contributed by atoms with Crippen LogP contribution in [0.4, 0.5) is 5.13 Å². The van der Waals surface area contributed by atoms with E-state index in [0.29, 0.717) is 27.4 Å². The van der Waals surface area contributed by atoms with Crippen LogP contribution in [0.25, 0.3) is 0 Å². The number of thioether (sulfide) groups is 1. The van der Waals surface area contributed by atoms with Gasteiger partial charge >= 0.3 is 0 Å². The number of hydrogen-bond donors (Lipinski definition) is 2. The molecule has 2 aromatic heterocycles. The predicted molar refractivity (Wildman–Crippen MR) is 118 cm³/mol. The smallest absolute Gasteiger partial charge is 0.251 e. The molecule has 0 aliphatic rings. The fraction of sp³-hybridized carbons (Fsp3) is 0.368. The highest BCUT2D eigenvalue weighted by Crippen LogP contribution is 2.23. The van der Waals surface area contributed by atoms with E-state index >= 15 is 0 Å². The van der Waals surface area contributed by atoms with Gasteiger partial charge in [-0.25, -0.2) is 0 Å². The Kier molecular flexibility index (Phi) is 7.58. The molecule has 3 rings (SSSR count). The molecule has 0 fully saturated rings. The lowest BCUT2D eigenvalue weighted by atomic mass is 10.2. The zero-order chi connectivity index (χ0) is 22.4. The Balaban J connectivity index is 1.54. The molecule has 2 heterocycles. The Morgan fingerprint density at radius 2 is 1.94 bits per heavy atom. The molecular formula is C19H23N7O3S2. The fourth-order valence-electron chi connectivity index (χ4n) is 2.47. The van der Waals surface area contributed by atoms with Gasteiger partial charge in [0.2, 0.25) is 11.0 Å². The Bertz CT molecular complexity index is 1050. The first-order valence-corrected chi connectivity index (χ1v) is 11.2. The second-order valence-electron chi connectivity index (χ2n) is 6.47. The van der Waals surface area contributed by atoms with Crippen LogP contribution >= 0.6 is 23.1 Å². The molecule has 10 nitrogen and oxygen atoms in total. The highest BCUT2D eigenvalue weighted by Gasteiger charge is 2.20. The van der Waals surface area contributed by atoms with Gasteiger partial charge < -0.3 is 14.6 Å². The summed E-state index contributed by atoms with van der Waals surface area (Å²) >= 11 is 2.63. The lowest BCUT2D eigenvalue weighted by molar-refractivity contribution is -0.115. The van der Waals surface area contributed by atoms with Crippen molar-refractivity contribution in [3.05, 3.63) is 40.7 Å². The van der Waals surface area contributed by atoms with Crippen LogP contribution < -0.4 is 15.4 Å². The lowest BCUT2D eigenvalue weighted by Gasteiger charge is -2.10. The maximum atomic E-state index is 12.4. The highest BCUT2D eigenvalue weighted by atomic mass is 32.2. The van der Waals surface area contributed by atoms with Crippen LogP contribution in [-0.4, -0.2) is 49.1 Å². The van der Waals surface area contributed by atoms with Crippen molar-refractivity contribution < 1.29 is 14.3 Å². The summed E-state index contributed by atoms with van der Waals surface area (Å²) in [7, 11) is 3.36. The molecule has 3 aromatic rings. The van der Waals surface area contributed by atoms with E-state index in [2.05, 4.69) is 31.0 Å². The topological polar surface area (TPSA) is 124 Å². The second-order valence-corrected chi connectivity index (χ2v) is 8.84.